The Morgan fingerprint density at radius 3 is 2.37 bits per heavy atom. The Balaban J connectivity index is 1.47. The molecule has 1 heterocycles. The summed E-state index contributed by atoms with van der Waals surface area (Å²) in [5, 5.41) is 0.674. The first kappa shape index (κ1) is 19.4. The Bertz CT molecular complexity index is 789. The van der Waals surface area contributed by atoms with Gasteiger partial charge in [0, 0.05) is 50.4 Å². The molecule has 2 amide bonds. The summed E-state index contributed by atoms with van der Waals surface area (Å²) in [6, 6.07) is 16.9. The third-order valence-electron chi connectivity index (χ3n) is 4.77. The van der Waals surface area contributed by atoms with E-state index in [9.17, 15) is 9.59 Å². The van der Waals surface area contributed by atoms with Gasteiger partial charge in [0.1, 0.15) is 0 Å². The summed E-state index contributed by atoms with van der Waals surface area (Å²) in [6.07, 6.45) is 0. The van der Waals surface area contributed by atoms with Gasteiger partial charge in [0.2, 0.25) is 5.91 Å². The maximum absolute atomic E-state index is 12.5. The van der Waals surface area contributed by atoms with Crippen molar-refractivity contribution in [2.75, 3.05) is 39.8 Å². The van der Waals surface area contributed by atoms with Crippen LogP contribution in [0.25, 0.3) is 0 Å². The van der Waals surface area contributed by atoms with E-state index in [1.54, 1.807) is 11.9 Å². The lowest BCUT2D eigenvalue weighted by Gasteiger charge is -2.35. The van der Waals surface area contributed by atoms with Crippen LogP contribution in [0.3, 0.4) is 0 Å². The molecule has 0 aliphatic carbocycles. The van der Waals surface area contributed by atoms with Crippen molar-refractivity contribution >= 4 is 23.4 Å². The van der Waals surface area contributed by atoms with Crippen molar-refractivity contribution in [3.63, 3.8) is 0 Å². The Morgan fingerprint density at radius 1 is 1.00 bits per heavy atom. The van der Waals surface area contributed by atoms with Crippen LogP contribution < -0.4 is 0 Å². The second-order valence-electron chi connectivity index (χ2n) is 6.81. The van der Waals surface area contributed by atoms with Crippen molar-refractivity contribution in [2.45, 2.75) is 6.54 Å². The van der Waals surface area contributed by atoms with E-state index in [0.29, 0.717) is 49.9 Å². The van der Waals surface area contributed by atoms with Crippen molar-refractivity contribution in [2.24, 2.45) is 0 Å². The Morgan fingerprint density at radius 2 is 1.70 bits per heavy atom. The highest BCUT2D eigenvalue weighted by Gasteiger charge is 2.24. The van der Waals surface area contributed by atoms with Gasteiger partial charge >= 0.3 is 0 Å². The second-order valence-corrected chi connectivity index (χ2v) is 7.25. The molecular weight excluding hydrogens is 362 g/mol. The molecule has 1 saturated heterocycles. The predicted molar refractivity (Wildman–Crippen MR) is 107 cm³/mol. The number of halogens is 1. The fourth-order valence-corrected chi connectivity index (χ4v) is 3.39. The maximum atomic E-state index is 12.5. The van der Waals surface area contributed by atoms with Gasteiger partial charge in [-0.15, -0.1) is 0 Å². The van der Waals surface area contributed by atoms with Crippen LogP contribution >= 0.6 is 11.6 Å². The van der Waals surface area contributed by atoms with Gasteiger partial charge < -0.3 is 9.80 Å². The molecule has 1 aliphatic rings. The Kier molecular flexibility index (Phi) is 6.48. The first-order valence-electron chi connectivity index (χ1n) is 9.08. The van der Waals surface area contributed by atoms with Crippen LogP contribution in [0.15, 0.2) is 54.6 Å². The zero-order valence-corrected chi connectivity index (χ0v) is 16.2. The summed E-state index contributed by atoms with van der Waals surface area (Å²) in [4.78, 5) is 30.7. The summed E-state index contributed by atoms with van der Waals surface area (Å²) in [5.41, 5.74) is 1.72. The highest BCUT2D eigenvalue weighted by atomic mass is 35.5. The van der Waals surface area contributed by atoms with Crippen LogP contribution in [-0.4, -0.2) is 66.3 Å². The number of carbonyl (C=O) groups is 2. The van der Waals surface area contributed by atoms with Crippen LogP contribution in [-0.2, 0) is 11.3 Å². The molecule has 142 valence electrons. The minimum Gasteiger partial charge on any atom is -0.340 e. The smallest absolute Gasteiger partial charge is 0.253 e. The molecule has 0 aromatic heterocycles. The van der Waals surface area contributed by atoms with E-state index in [2.05, 4.69) is 4.90 Å². The topological polar surface area (TPSA) is 43.9 Å². The monoisotopic (exact) mass is 385 g/mol. The van der Waals surface area contributed by atoms with Gasteiger partial charge in [-0.1, -0.05) is 41.9 Å². The van der Waals surface area contributed by atoms with Crippen molar-refractivity contribution < 1.29 is 9.59 Å². The SMILES string of the molecule is CN(Cc1cccc(Cl)c1)C(=O)CN1CCN(C(=O)c2ccccc2)CC1. The summed E-state index contributed by atoms with van der Waals surface area (Å²) >= 11 is 6.00. The van der Waals surface area contributed by atoms with E-state index in [-0.39, 0.29) is 11.8 Å². The van der Waals surface area contributed by atoms with Gasteiger partial charge in [-0.25, -0.2) is 0 Å². The number of amides is 2. The summed E-state index contributed by atoms with van der Waals surface area (Å²) < 4.78 is 0. The van der Waals surface area contributed by atoms with E-state index >= 15 is 0 Å². The molecule has 2 aromatic rings. The highest BCUT2D eigenvalue weighted by molar-refractivity contribution is 6.30. The van der Waals surface area contributed by atoms with Crippen molar-refractivity contribution in [3.05, 3.63) is 70.7 Å². The Labute approximate surface area is 165 Å². The number of carbonyl (C=O) groups excluding carboxylic acids is 2. The van der Waals surface area contributed by atoms with Crippen molar-refractivity contribution in [3.8, 4) is 0 Å². The van der Waals surface area contributed by atoms with Crippen LogP contribution in [0, 0.1) is 0 Å². The van der Waals surface area contributed by atoms with Gasteiger partial charge in [0.05, 0.1) is 6.54 Å². The van der Waals surface area contributed by atoms with E-state index in [1.165, 1.54) is 0 Å². The molecule has 5 nitrogen and oxygen atoms in total. The van der Waals surface area contributed by atoms with Crippen molar-refractivity contribution in [1.29, 1.82) is 0 Å². The molecule has 1 fully saturated rings. The zero-order chi connectivity index (χ0) is 19.2. The minimum atomic E-state index is 0.0552. The standard InChI is InChI=1S/C21H24ClN3O2/c1-23(15-17-6-5-9-19(22)14-17)20(26)16-24-10-12-25(13-11-24)21(27)18-7-3-2-4-8-18/h2-9,14H,10-13,15-16H2,1H3. The van der Waals surface area contributed by atoms with Gasteiger partial charge in [-0.3, -0.25) is 14.5 Å². The molecule has 27 heavy (non-hydrogen) atoms. The lowest BCUT2D eigenvalue weighted by molar-refractivity contribution is -0.132. The summed E-state index contributed by atoms with van der Waals surface area (Å²) in [5.74, 6) is 0.123. The second kappa shape index (κ2) is 9.02. The first-order chi connectivity index (χ1) is 13.0. The number of benzene rings is 2. The number of piperazine rings is 1. The number of hydrogen-bond acceptors (Lipinski definition) is 3. The zero-order valence-electron chi connectivity index (χ0n) is 15.5. The van der Waals surface area contributed by atoms with Gasteiger partial charge in [0.15, 0.2) is 0 Å². The van der Waals surface area contributed by atoms with Crippen LogP contribution in [0.1, 0.15) is 15.9 Å². The number of nitrogens with zero attached hydrogens (tertiary/aromatic N) is 3. The quantitative estimate of drug-likeness (QED) is 0.794. The lowest BCUT2D eigenvalue weighted by Crippen LogP contribution is -2.51. The van der Waals surface area contributed by atoms with Gasteiger partial charge in [-0.05, 0) is 29.8 Å². The van der Waals surface area contributed by atoms with Crippen molar-refractivity contribution in [1.82, 2.24) is 14.7 Å². The molecule has 0 bridgehead atoms. The lowest BCUT2D eigenvalue weighted by atomic mass is 10.2. The highest BCUT2D eigenvalue weighted by Crippen LogP contribution is 2.13. The average molecular weight is 386 g/mol. The van der Waals surface area contributed by atoms with Gasteiger partial charge in [-0.2, -0.15) is 0 Å². The summed E-state index contributed by atoms with van der Waals surface area (Å²) in [6.45, 7) is 3.58. The molecular formula is C21H24ClN3O2. The molecule has 0 unspecified atom stereocenters. The third-order valence-corrected chi connectivity index (χ3v) is 5.01. The molecule has 0 spiro atoms. The molecule has 1 aliphatic heterocycles. The molecule has 0 radical (unpaired) electrons. The molecule has 0 N–H and O–H groups in total. The van der Waals surface area contributed by atoms with E-state index in [4.69, 9.17) is 11.6 Å². The summed E-state index contributed by atoms with van der Waals surface area (Å²) in [7, 11) is 1.80. The van der Waals surface area contributed by atoms with E-state index in [0.717, 1.165) is 5.56 Å². The molecule has 3 rings (SSSR count). The van der Waals surface area contributed by atoms with Crippen LogP contribution in [0.4, 0.5) is 0 Å². The van der Waals surface area contributed by atoms with Gasteiger partial charge in [0.25, 0.3) is 5.91 Å². The fourth-order valence-electron chi connectivity index (χ4n) is 3.18. The number of hydrogen-bond donors (Lipinski definition) is 0. The molecule has 2 aromatic carbocycles. The third kappa shape index (κ3) is 5.31. The predicted octanol–water partition coefficient (Wildman–Crippen LogP) is 2.76. The fraction of sp³-hybridized carbons (Fsp3) is 0.333. The van der Waals surface area contributed by atoms with E-state index < -0.39 is 0 Å². The Hall–Kier alpha value is -2.37. The average Bonchev–Trinajstić information content (AvgIpc) is 2.68. The maximum Gasteiger partial charge on any atom is 0.253 e. The first-order valence-corrected chi connectivity index (χ1v) is 9.46. The normalized spacial score (nSPS) is 14.8. The molecule has 6 heteroatoms. The van der Waals surface area contributed by atoms with Crippen LogP contribution in [0.5, 0.6) is 0 Å². The largest absolute Gasteiger partial charge is 0.340 e. The molecule has 0 saturated carbocycles. The molecule has 0 atom stereocenters. The van der Waals surface area contributed by atoms with Crippen LogP contribution in [0.2, 0.25) is 5.02 Å². The number of likely N-dealkylation sites (N-methyl/N-ethyl adjacent to an activating group) is 1. The minimum absolute atomic E-state index is 0.0552. The van der Waals surface area contributed by atoms with E-state index in [1.807, 2.05) is 59.5 Å². The number of rotatable bonds is 5.